The van der Waals surface area contributed by atoms with Crippen LogP contribution in [0.5, 0.6) is 0 Å². The zero-order valence-corrected chi connectivity index (χ0v) is 3.79. The second kappa shape index (κ2) is 2.46. The van der Waals surface area contributed by atoms with Crippen LogP contribution in [0.3, 0.4) is 0 Å². The molecule has 0 amide bonds. The van der Waals surface area contributed by atoms with Gasteiger partial charge in [0, 0.05) is 0 Å². The van der Waals surface area contributed by atoms with E-state index in [4.69, 9.17) is 5.11 Å². The number of hydrogen-bond acceptors (Lipinski definition) is 1. The maximum Gasteiger partial charge on any atom is 0.399 e. The summed E-state index contributed by atoms with van der Waals surface area (Å²) in [7, 11) is 0. The molecule has 0 aromatic carbocycles. The maximum absolute atomic E-state index is 11.0. The molecular formula is C4H3F3O. The van der Waals surface area contributed by atoms with Crippen LogP contribution >= 0.6 is 0 Å². The van der Waals surface area contributed by atoms with Crippen LogP contribution < -0.4 is 0 Å². The van der Waals surface area contributed by atoms with Gasteiger partial charge in [-0.2, -0.15) is 13.2 Å². The van der Waals surface area contributed by atoms with Crippen LogP contribution in [-0.2, 0) is 0 Å². The van der Waals surface area contributed by atoms with Crippen LogP contribution in [0.4, 0.5) is 13.2 Å². The molecule has 0 saturated heterocycles. The second-order valence-electron chi connectivity index (χ2n) is 1.08. The summed E-state index contributed by atoms with van der Waals surface area (Å²) in [5.41, 5.74) is 0. The summed E-state index contributed by atoms with van der Waals surface area (Å²) in [6.07, 6.45) is -4.37. The normalized spacial score (nSPS) is 9.88. The fourth-order valence-electron chi connectivity index (χ4n) is 0.140. The minimum Gasteiger partial charge on any atom is -0.462 e. The Balaban J connectivity index is 3.50. The molecule has 1 nitrogen and oxygen atoms in total. The van der Waals surface area contributed by atoms with Gasteiger partial charge in [-0.25, -0.2) is 0 Å². The van der Waals surface area contributed by atoms with Crippen molar-refractivity contribution < 1.29 is 18.3 Å². The van der Waals surface area contributed by atoms with Gasteiger partial charge in [0.25, 0.3) is 0 Å². The fourth-order valence-corrected chi connectivity index (χ4v) is 0.140. The lowest BCUT2D eigenvalue weighted by Crippen LogP contribution is -2.04. The Labute approximate surface area is 44.1 Å². The van der Waals surface area contributed by atoms with Gasteiger partial charge in [0.1, 0.15) is 12.5 Å². The number of halogens is 3. The van der Waals surface area contributed by atoms with Gasteiger partial charge in [0.05, 0.1) is 0 Å². The number of hydrogen-bond donors (Lipinski definition) is 1. The largest absolute Gasteiger partial charge is 0.462 e. The molecule has 0 rings (SSSR count). The van der Waals surface area contributed by atoms with Crippen LogP contribution in [0.25, 0.3) is 0 Å². The van der Waals surface area contributed by atoms with Gasteiger partial charge in [-0.1, -0.05) is 5.92 Å². The minimum atomic E-state index is -4.28. The smallest absolute Gasteiger partial charge is 0.399 e. The molecule has 46 valence electrons. The van der Waals surface area contributed by atoms with Crippen molar-refractivity contribution in [3.05, 3.63) is 0 Å². The Kier molecular flexibility index (Phi) is 2.19. The van der Waals surface area contributed by atoms with Gasteiger partial charge in [0.2, 0.25) is 0 Å². The van der Waals surface area contributed by atoms with E-state index in [2.05, 4.69) is 0 Å². The van der Waals surface area contributed by atoms with Crippen molar-refractivity contribution in [3.8, 4) is 12.0 Å². The minimum absolute atomic E-state index is 1.15. The van der Waals surface area contributed by atoms with Gasteiger partial charge in [-0.3, -0.25) is 0 Å². The molecule has 0 aliphatic carbocycles. The lowest BCUT2D eigenvalue weighted by atomic mass is 10.4. The van der Waals surface area contributed by atoms with Crippen LogP contribution in [0, 0.1) is 12.0 Å². The highest BCUT2D eigenvalue weighted by Gasteiger charge is 2.25. The molecule has 0 heterocycles. The van der Waals surface area contributed by atoms with Crippen LogP contribution in [0.15, 0.2) is 0 Å². The first-order chi connectivity index (χ1) is 3.56. The van der Waals surface area contributed by atoms with Crippen LogP contribution in [0.2, 0.25) is 0 Å². The first kappa shape index (κ1) is 7.15. The van der Waals surface area contributed by atoms with E-state index < -0.39 is 12.6 Å². The van der Waals surface area contributed by atoms with Gasteiger partial charge >= 0.3 is 6.18 Å². The average Bonchev–Trinajstić information content (AvgIpc) is 1.59. The second-order valence-corrected chi connectivity index (χ2v) is 1.08. The van der Waals surface area contributed by atoms with Crippen molar-refractivity contribution >= 4 is 0 Å². The molecule has 0 aromatic heterocycles. The maximum atomic E-state index is 11.0. The molecule has 0 aromatic rings. The highest BCUT2D eigenvalue weighted by molar-refractivity contribution is 4.91. The third-order valence-electron chi connectivity index (χ3n) is 0.368. The van der Waals surface area contributed by atoms with Gasteiger partial charge in [-0.05, 0) is 0 Å². The molecule has 0 atom stereocenters. The Bertz CT molecular complexity index is 115. The van der Waals surface area contributed by atoms with Crippen molar-refractivity contribution in [3.63, 3.8) is 0 Å². The fraction of sp³-hybridized carbons (Fsp3) is 0.500. The monoisotopic (exact) mass is 124 g/mol. The number of aliphatic hydroxyl groups is 1. The summed E-state index contributed by atoms with van der Waals surface area (Å²) in [5, 5.41) is 7.57. The molecule has 0 bridgehead atoms. The van der Waals surface area contributed by atoms with E-state index in [0.29, 0.717) is 0 Å². The Hall–Kier alpha value is -0.850. The Morgan fingerprint density at radius 3 is 2.00 bits per heavy atom. The summed E-state index contributed by atoms with van der Waals surface area (Å²) in [6, 6.07) is 0. The summed E-state index contributed by atoms with van der Waals surface area (Å²) >= 11 is 0. The van der Waals surface area contributed by atoms with E-state index >= 15 is 0 Å². The van der Waals surface area contributed by atoms with Crippen molar-refractivity contribution in [2.45, 2.75) is 12.6 Å². The number of aliphatic hydroxyl groups excluding tert-OH is 1. The third-order valence-corrected chi connectivity index (χ3v) is 0.368. The van der Waals surface area contributed by atoms with E-state index in [1.165, 1.54) is 5.92 Å². The topological polar surface area (TPSA) is 20.2 Å². The molecule has 0 aliphatic rings. The SMILES string of the molecule is OC#CCC(F)(F)F. The van der Waals surface area contributed by atoms with Crippen molar-refractivity contribution in [2.75, 3.05) is 0 Å². The molecule has 0 spiro atoms. The molecule has 8 heavy (non-hydrogen) atoms. The summed E-state index contributed by atoms with van der Waals surface area (Å²) < 4.78 is 33.1. The van der Waals surface area contributed by atoms with E-state index in [-0.39, 0.29) is 0 Å². The molecule has 0 radical (unpaired) electrons. The van der Waals surface area contributed by atoms with Gasteiger partial charge in [0.15, 0.2) is 0 Å². The highest BCUT2D eigenvalue weighted by Crippen LogP contribution is 2.17. The lowest BCUT2D eigenvalue weighted by molar-refractivity contribution is -0.123. The third kappa shape index (κ3) is 5.15. The van der Waals surface area contributed by atoms with E-state index in [1.807, 2.05) is 0 Å². The van der Waals surface area contributed by atoms with Crippen LogP contribution in [-0.4, -0.2) is 11.3 Å². The summed E-state index contributed by atoms with van der Waals surface area (Å²) in [5.74, 6) is 1.47. The van der Waals surface area contributed by atoms with E-state index in [0.717, 1.165) is 6.11 Å². The molecule has 0 aliphatic heterocycles. The molecule has 1 N–H and O–H groups in total. The van der Waals surface area contributed by atoms with Gasteiger partial charge < -0.3 is 5.11 Å². The number of alkyl halides is 3. The van der Waals surface area contributed by atoms with Crippen molar-refractivity contribution in [1.82, 2.24) is 0 Å². The quantitative estimate of drug-likeness (QED) is 0.482. The highest BCUT2D eigenvalue weighted by atomic mass is 19.4. The number of rotatable bonds is 0. The first-order valence-electron chi connectivity index (χ1n) is 1.75. The van der Waals surface area contributed by atoms with Gasteiger partial charge in [-0.15, -0.1) is 0 Å². The molecule has 0 unspecified atom stereocenters. The predicted molar refractivity (Wildman–Crippen MR) is 20.4 cm³/mol. The Morgan fingerprint density at radius 2 is 1.88 bits per heavy atom. The van der Waals surface area contributed by atoms with Crippen molar-refractivity contribution in [2.24, 2.45) is 0 Å². The lowest BCUT2D eigenvalue weighted by Gasteiger charge is -1.96. The van der Waals surface area contributed by atoms with Crippen molar-refractivity contribution in [1.29, 1.82) is 0 Å². The van der Waals surface area contributed by atoms with Crippen LogP contribution in [0.1, 0.15) is 6.42 Å². The Morgan fingerprint density at radius 1 is 1.38 bits per heavy atom. The molecule has 0 fully saturated rings. The summed E-state index contributed by atoms with van der Waals surface area (Å²) in [4.78, 5) is 0. The zero-order valence-electron chi connectivity index (χ0n) is 3.79. The zero-order chi connectivity index (χ0) is 6.62. The molecule has 0 saturated carbocycles. The predicted octanol–water partition coefficient (Wildman–Crippen LogP) is 1.27. The average molecular weight is 124 g/mol. The standard InChI is InChI=1S/C4H3F3O/c5-4(6,7)2-1-3-8/h8H,2H2. The summed E-state index contributed by atoms with van der Waals surface area (Å²) in [6.45, 7) is 0. The first-order valence-corrected chi connectivity index (χ1v) is 1.75. The molecule has 4 heteroatoms. The van der Waals surface area contributed by atoms with E-state index in [9.17, 15) is 13.2 Å². The van der Waals surface area contributed by atoms with E-state index in [1.54, 1.807) is 0 Å². The molecular weight excluding hydrogens is 121 g/mol.